The van der Waals surface area contributed by atoms with E-state index in [0.717, 1.165) is 32.6 Å². The Hall–Kier alpha value is -0.630. The summed E-state index contributed by atoms with van der Waals surface area (Å²) in [5.41, 5.74) is -0.257. The average molecular weight is 395 g/mol. The van der Waals surface area contributed by atoms with Crippen LogP contribution in [0.15, 0.2) is 24.5 Å². The zero-order valence-electron chi connectivity index (χ0n) is 14.2. The summed E-state index contributed by atoms with van der Waals surface area (Å²) < 4.78 is 11.3. The Labute approximate surface area is 161 Å². The first-order chi connectivity index (χ1) is 11.2. The molecule has 2 aliphatic rings. The molecule has 2 fully saturated rings. The Morgan fingerprint density at radius 2 is 1.88 bits per heavy atom. The highest BCUT2D eigenvalue weighted by atomic mass is 35.5. The molecule has 1 aromatic rings. The number of hydrogen-bond acceptors (Lipinski definition) is 6. The topological polar surface area (TPSA) is 83.8 Å². The van der Waals surface area contributed by atoms with Crippen LogP contribution in [0.25, 0.3) is 0 Å². The Morgan fingerprint density at radius 3 is 2.48 bits per heavy atom. The lowest BCUT2D eigenvalue weighted by molar-refractivity contribution is 0.0438. The molecule has 1 aliphatic carbocycles. The monoisotopic (exact) mass is 394 g/mol. The summed E-state index contributed by atoms with van der Waals surface area (Å²) in [6.45, 7) is 2.78. The van der Waals surface area contributed by atoms with Gasteiger partial charge in [-0.1, -0.05) is 0 Å². The molecule has 3 N–H and O–H groups in total. The highest BCUT2D eigenvalue weighted by Crippen LogP contribution is 2.39. The molecule has 0 radical (unpaired) electrons. The third kappa shape index (κ3) is 6.24. The standard InChI is InChI=1S/C17H26N2O4.2ClH/c20-15-8-17(9-16(15)21,11-19-13-3-6-22-7-4-13)12-23-14-2-1-5-18-10-14;;/h1-2,5,10,13,15-16,19-21H,3-4,6-9,11-12H2;2*1H/t15-,16+,17?;;. The summed E-state index contributed by atoms with van der Waals surface area (Å²) in [4.78, 5) is 4.05. The number of hydrogen-bond donors (Lipinski definition) is 3. The van der Waals surface area contributed by atoms with Gasteiger partial charge in [-0.15, -0.1) is 24.8 Å². The van der Waals surface area contributed by atoms with Crippen LogP contribution in [0.5, 0.6) is 5.75 Å². The van der Waals surface area contributed by atoms with Crippen LogP contribution < -0.4 is 10.1 Å². The summed E-state index contributed by atoms with van der Waals surface area (Å²) in [5, 5.41) is 23.6. The van der Waals surface area contributed by atoms with Gasteiger partial charge in [0.05, 0.1) is 25.0 Å². The van der Waals surface area contributed by atoms with E-state index in [-0.39, 0.29) is 30.2 Å². The van der Waals surface area contributed by atoms with Crippen molar-refractivity contribution in [2.45, 2.75) is 43.9 Å². The molecule has 1 saturated carbocycles. The zero-order chi connectivity index (χ0) is 16.1. The molecule has 144 valence electrons. The minimum absolute atomic E-state index is 0. The molecule has 8 heteroatoms. The third-order valence-corrected chi connectivity index (χ3v) is 4.89. The molecular formula is C17H28Cl2N2O4. The number of ether oxygens (including phenoxy) is 2. The van der Waals surface area contributed by atoms with Crippen LogP contribution in [0.4, 0.5) is 0 Å². The molecule has 3 atom stereocenters. The van der Waals surface area contributed by atoms with E-state index in [1.54, 1.807) is 12.4 Å². The first-order valence-corrected chi connectivity index (χ1v) is 8.37. The number of nitrogens with one attached hydrogen (secondary N) is 1. The van der Waals surface area contributed by atoms with Crippen molar-refractivity contribution in [1.29, 1.82) is 0 Å². The van der Waals surface area contributed by atoms with E-state index in [1.807, 2.05) is 12.1 Å². The van der Waals surface area contributed by atoms with Crippen molar-refractivity contribution in [3.05, 3.63) is 24.5 Å². The maximum Gasteiger partial charge on any atom is 0.137 e. The maximum absolute atomic E-state index is 10.0. The van der Waals surface area contributed by atoms with Gasteiger partial charge in [-0.3, -0.25) is 4.98 Å². The second-order valence-corrected chi connectivity index (χ2v) is 6.79. The number of rotatable bonds is 6. The van der Waals surface area contributed by atoms with Gasteiger partial charge in [0, 0.05) is 37.4 Å². The molecule has 0 amide bonds. The van der Waals surface area contributed by atoms with E-state index < -0.39 is 12.2 Å². The van der Waals surface area contributed by atoms with Crippen LogP contribution >= 0.6 is 24.8 Å². The fraction of sp³-hybridized carbons (Fsp3) is 0.706. The minimum Gasteiger partial charge on any atom is -0.491 e. The largest absolute Gasteiger partial charge is 0.491 e. The van der Waals surface area contributed by atoms with Crippen molar-refractivity contribution >= 4 is 24.8 Å². The second kappa shape index (κ2) is 10.5. The van der Waals surface area contributed by atoms with Gasteiger partial charge in [-0.05, 0) is 37.8 Å². The molecule has 1 saturated heterocycles. The number of aliphatic hydroxyl groups excluding tert-OH is 2. The highest BCUT2D eigenvalue weighted by Gasteiger charge is 2.45. The summed E-state index contributed by atoms with van der Waals surface area (Å²) in [7, 11) is 0. The molecule has 1 aromatic heterocycles. The van der Waals surface area contributed by atoms with Crippen LogP contribution in [-0.2, 0) is 4.74 Å². The highest BCUT2D eigenvalue weighted by molar-refractivity contribution is 5.85. The predicted octanol–water partition coefficient (Wildman–Crippen LogP) is 1.57. The van der Waals surface area contributed by atoms with Gasteiger partial charge >= 0.3 is 0 Å². The van der Waals surface area contributed by atoms with E-state index in [0.29, 0.717) is 31.2 Å². The molecule has 2 heterocycles. The SMILES string of the molecule is Cl.Cl.O[C@@H]1CC(CNC2CCOCC2)(COc2cccnc2)C[C@@H]1O. The van der Waals surface area contributed by atoms with Gasteiger partial charge in [0.1, 0.15) is 5.75 Å². The van der Waals surface area contributed by atoms with Gasteiger partial charge < -0.3 is 25.0 Å². The third-order valence-electron chi connectivity index (χ3n) is 4.89. The summed E-state index contributed by atoms with van der Waals surface area (Å²) in [6.07, 6.45) is 5.14. The summed E-state index contributed by atoms with van der Waals surface area (Å²) in [5.74, 6) is 0.717. The number of halogens is 2. The van der Waals surface area contributed by atoms with Crippen molar-refractivity contribution in [2.24, 2.45) is 5.41 Å². The van der Waals surface area contributed by atoms with Crippen LogP contribution in [-0.4, -0.2) is 59.8 Å². The molecular weight excluding hydrogens is 367 g/mol. The molecule has 25 heavy (non-hydrogen) atoms. The van der Waals surface area contributed by atoms with E-state index in [4.69, 9.17) is 9.47 Å². The molecule has 6 nitrogen and oxygen atoms in total. The Kier molecular flexibility index (Phi) is 9.41. The molecule has 3 rings (SSSR count). The molecule has 0 spiro atoms. The van der Waals surface area contributed by atoms with E-state index >= 15 is 0 Å². The Balaban J connectivity index is 0.00000156. The van der Waals surface area contributed by atoms with Crippen LogP contribution in [0.3, 0.4) is 0 Å². The maximum atomic E-state index is 10.0. The molecule has 0 aromatic carbocycles. The Morgan fingerprint density at radius 1 is 1.20 bits per heavy atom. The van der Waals surface area contributed by atoms with Crippen molar-refractivity contribution in [3.63, 3.8) is 0 Å². The van der Waals surface area contributed by atoms with Crippen LogP contribution in [0, 0.1) is 5.41 Å². The lowest BCUT2D eigenvalue weighted by atomic mass is 9.86. The van der Waals surface area contributed by atoms with Gasteiger partial charge in [0.15, 0.2) is 0 Å². The van der Waals surface area contributed by atoms with E-state index in [2.05, 4.69) is 10.3 Å². The van der Waals surface area contributed by atoms with Crippen molar-refractivity contribution in [3.8, 4) is 5.75 Å². The molecule has 1 aliphatic heterocycles. The molecule has 1 unspecified atom stereocenters. The van der Waals surface area contributed by atoms with Crippen LogP contribution in [0.1, 0.15) is 25.7 Å². The van der Waals surface area contributed by atoms with E-state index in [9.17, 15) is 10.2 Å². The van der Waals surface area contributed by atoms with Gasteiger partial charge in [-0.25, -0.2) is 0 Å². The van der Waals surface area contributed by atoms with Crippen molar-refractivity contribution in [1.82, 2.24) is 10.3 Å². The summed E-state index contributed by atoms with van der Waals surface area (Å²) in [6, 6.07) is 4.14. The zero-order valence-corrected chi connectivity index (χ0v) is 15.8. The Bertz CT molecular complexity index is 479. The number of pyridine rings is 1. The fourth-order valence-corrected chi connectivity index (χ4v) is 3.49. The number of nitrogens with zero attached hydrogens (tertiary/aromatic N) is 1. The first-order valence-electron chi connectivity index (χ1n) is 8.37. The smallest absolute Gasteiger partial charge is 0.137 e. The average Bonchev–Trinajstić information content (AvgIpc) is 2.88. The quantitative estimate of drug-likeness (QED) is 0.679. The van der Waals surface area contributed by atoms with Crippen molar-refractivity contribution in [2.75, 3.05) is 26.4 Å². The first kappa shape index (κ1) is 22.4. The normalized spacial score (nSPS) is 29.5. The number of aliphatic hydroxyl groups is 2. The van der Waals surface area contributed by atoms with E-state index in [1.165, 1.54) is 0 Å². The lowest BCUT2D eigenvalue weighted by Gasteiger charge is -2.32. The van der Waals surface area contributed by atoms with Crippen molar-refractivity contribution < 1.29 is 19.7 Å². The lowest BCUT2D eigenvalue weighted by Crippen LogP contribution is -2.44. The fourth-order valence-electron chi connectivity index (χ4n) is 3.49. The van der Waals surface area contributed by atoms with Gasteiger partial charge in [0.25, 0.3) is 0 Å². The second-order valence-electron chi connectivity index (χ2n) is 6.79. The van der Waals surface area contributed by atoms with Gasteiger partial charge in [-0.2, -0.15) is 0 Å². The molecule has 0 bridgehead atoms. The van der Waals surface area contributed by atoms with Crippen LogP contribution in [0.2, 0.25) is 0 Å². The number of aromatic nitrogens is 1. The minimum atomic E-state index is -0.677. The predicted molar refractivity (Wildman–Crippen MR) is 99.8 cm³/mol. The van der Waals surface area contributed by atoms with Gasteiger partial charge in [0.2, 0.25) is 0 Å². The summed E-state index contributed by atoms with van der Waals surface area (Å²) >= 11 is 0.